The molecule has 1 heterocycles. The molecular formula is C18H15BrClFN3OP. The van der Waals surface area contributed by atoms with Gasteiger partial charge in [0.25, 0.3) is 0 Å². The summed E-state index contributed by atoms with van der Waals surface area (Å²) in [7, 11) is -2.66. The maximum Gasteiger partial charge on any atom is 0.224 e. The van der Waals surface area contributed by atoms with Crippen LogP contribution in [0.3, 0.4) is 0 Å². The van der Waals surface area contributed by atoms with E-state index < -0.39 is 7.14 Å². The van der Waals surface area contributed by atoms with Crippen molar-refractivity contribution in [2.24, 2.45) is 0 Å². The number of anilines is 2. The summed E-state index contributed by atoms with van der Waals surface area (Å²) in [6, 6.07) is 11.8. The zero-order valence-corrected chi connectivity index (χ0v) is 17.2. The Balaban J connectivity index is 2.10. The summed E-state index contributed by atoms with van der Waals surface area (Å²) < 4.78 is 27.6. The Kier molecular flexibility index (Phi) is 5.47. The van der Waals surface area contributed by atoms with E-state index in [0.29, 0.717) is 32.4 Å². The number of nitrogens with zero attached hydrogens (tertiary/aromatic N) is 2. The number of hydrogen-bond donors (Lipinski definition) is 1. The first-order valence-electron chi connectivity index (χ1n) is 7.65. The van der Waals surface area contributed by atoms with Gasteiger partial charge in [-0.15, -0.1) is 0 Å². The van der Waals surface area contributed by atoms with E-state index in [9.17, 15) is 8.96 Å². The van der Waals surface area contributed by atoms with Gasteiger partial charge < -0.3 is 9.88 Å². The van der Waals surface area contributed by atoms with Crippen molar-refractivity contribution in [1.29, 1.82) is 0 Å². The van der Waals surface area contributed by atoms with Gasteiger partial charge in [0.1, 0.15) is 18.8 Å². The molecule has 26 heavy (non-hydrogen) atoms. The van der Waals surface area contributed by atoms with Gasteiger partial charge in [0.2, 0.25) is 5.28 Å². The van der Waals surface area contributed by atoms with Crippen LogP contribution in [0.15, 0.2) is 53.1 Å². The van der Waals surface area contributed by atoms with Crippen molar-refractivity contribution in [2.45, 2.75) is 0 Å². The molecule has 1 N–H and O–H groups in total. The first kappa shape index (κ1) is 19.0. The van der Waals surface area contributed by atoms with Crippen LogP contribution in [-0.4, -0.2) is 23.3 Å². The summed E-state index contributed by atoms with van der Waals surface area (Å²) in [6.45, 7) is 3.33. The molecule has 0 saturated heterocycles. The standard InChI is InChI=1S/C18H15BrClFN3OP/c1-26(2,25)16-9-11(12-5-3-4-6-14(12)21)7-8-15(16)23-17-13(19)10-22-18(20)24-17/h3-10H,1-2H3,(H,22,23,24). The molecule has 1 aromatic heterocycles. The summed E-state index contributed by atoms with van der Waals surface area (Å²) in [5.74, 6) is 0.130. The molecule has 134 valence electrons. The molecule has 0 amide bonds. The highest BCUT2D eigenvalue weighted by Gasteiger charge is 2.19. The normalized spacial score (nSPS) is 11.4. The van der Waals surface area contributed by atoms with E-state index in [1.165, 1.54) is 12.3 Å². The number of rotatable bonds is 4. The van der Waals surface area contributed by atoms with Crippen LogP contribution < -0.4 is 10.6 Å². The molecule has 8 heteroatoms. The van der Waals surface area contributed by atoms with Crippen LogP contribution in [0, 0.1) is 5.82 Å². The van der Waals surface area contributed by atoms with E-state index in [1.807, 2.05) is 0 Å². The Morgan fingerprint density at radius 1 is 1.19 bits per heavy atom. The van der Waals surface area contributed by atoms with Crippen molar-refractivity contribution < 1.29 is 8.96 Å². The predicted molar refractivity (Wildman–Crippen MR) is 109 cm³/mol. The van der Waals surface area contributed by atoms with E-state index in [2.05, 4.69) is 31.2 Å². The molecule has 0 bridgehead atoms. The smallest absolute Gasteiger partial charge is 0.224 e. The van der Waals surface area contributed by atoms with Gasteiger partial charge in [-0.3, -0.25) is 0 Å². The lowest BCUT2D eigenvalue weighted by Crippen LogP contribution is -2.11. The average Bonchev–Trinajstić information content (AvgIpc) is 2.58. The largest absolute Gasteiger partial charge is 0.339 e. The Labute approximate surface area is 164 Å². The number of halogens is 3. The minimum absolute atomic E-state index is 0.0939. The van der Waals surface area contributed by atoms with E-state index in [1.54, 1.807) is 49.7 Å². The lowest BCUT2D eigenvalue weighted by Gasteiger charge is -2.17. The molecule has 0 saturated carbocycles. The van der Waals surface area contributed by atoms with Gasteiger partial charge in [-0.2, -0.15) is 4.98 Å². The molecular weight excluding hydrogens is 440 g/mol. The topological polar surface area (TPSA) is 54.9 Å². The van der Waals surface area contributed by atoms with Crippen molar-refractivity contribution in [2.75, 3.05) is 18.6 Å². The monoisotopic (exact) mass is 453 g/mol. The Morgan fingerprint density at radius 3 is 2.62 bits per heavy atom. The maximum absolute atomic E-state index is 14.1. The fourth-order valence-corrected chi connectivity index (χ4v) is 4.09. The highest BCUT2D eigenvalue weighted by molar-refractivity contribution is 9.10. The van der Waals surface area contributed by atoms with Gasteiger partial charge in [0, 0.05) is 17.1 Å². The van der Waals surface area contributed by atoms with Crippen LogP contribution in [-0.2, 0) is 4.57 Å². The molecule has 3 aromatic rings. The second-order valence-electron chi connectivity index (χ2n) is 6.02. The van der Waals surface area contributed by atoms with Crippen molar-refractivity contribution in [1.82, 2.24) is 9.97 Å². The lowest BCUT2D eigenvalue weighted by atomic mass is 10.0. The minimum Gasteiger partial charge on any atom is -0.339 e. The van der Waals surface area contributed by atoms with Gasteiger partial charge in [-0.25, -0.2) is 9.37 Å². The number of benzene rings is 2. The van der Waals surface area contributed by atoms with E-state index in [-0.39, 0.29) is 11.1 Å². The Hall–Kier alpha value is -1.75. The third-order valence-electron chi connectivity index (χ3n) is 3.73. The molecule has 0 fully saturated rings. The quantitative estimate of drug-likeness (QED) is 0.406. The Bertz CT molecular complexity index is 1030. The lowest BCUT2D eigenvalue weighted by molar-refractivity contribution is 0.588. The molecule has 0 spiro atoms. The molecule has 4 nitrogen and oxygen atoms in total. The van der Waals surface area contributed by atoms with Crippen LogP contribution in [0.2, 0.25) is 5.28 Å². The van der Waals surface area contributed by atoms with Crippen molar-refractivity contribution >= 4 is 51.5 Å². The minimum atomic E-state index is -2.66. The highest BCUT2D eigenvalue weighted by atomic mass is 79.9. The van der Waals surface area contributed by atoms with Crippen molar-refractivity contribution in [3.05, 3.63) is 64.2 Å². The maximum atomic E-state index is 14.1. The third-order valence-corrected chi connectivity index (χ3v) is 6.02. The van der Waals surface area contributed by atoms with E-state index >= 15 is 0 Å². The van der Waals surface area contributed by atoms with Crippen LogP contribution in [0.1, 0.15) is 0 Å². The van der Waals surface area contributed by atoms with E-state index in [0.717, 1.165) is 0 Å². The third kappa shape index (κ3) is 4.14. The molecule has 0 aliphatic heterocycles. The van der Waals surface area contributed by atoms with Crippen molar-refractivity contribution in [3.63, 3.8) is 0 Å². The van der Waals surface area contributed by atoms with E-state index in [4.69, 9.17) is 11.6 Å². The fraction of sp³-hybridized carbons (Fsp3) is 0.111. The zero-order chi connectivity index (χ0) is 18.9. The first-order chi connectivity index (χ1) is 12.3. The van der Waals surface area contributed by atoms with Crippen LogP contribution in [0.25, 0.3) is 11.1 Å². The van der Waals surface area contributed by atoms with Crippen LogP contribution in [0.4, 0.5) is 15.9 Å². The summed E-state index contributed by atoms with van der Waals surface area (Å²) >= 11 is 9.21. The summed E-state index contributed by atoms with van der Waals surface area (Å²) in [5.41, 5.74) is 1.74. The first-order valence-corrected chi connectivity index (χ1v) is 11.4. The molecule has 0 aliphatic rings. The second-order valence-corrected chi connectivity index (χ2v) is 10.4. The van der Waals surface area contributed by atoms with Gasteiger partial charge in [0.05, 0.1) is 10.2 Å². The molecule has 0 unspecified atom stereocenters. The van der Waals surface area contributed by atoms with Crippen LogP contribution in [0.5, 0.6) is 0 Å². The Morgan fingerprint density at radius 2 is 1.92 bits per heavy atom. The number of hydrogen-bond acceptors (Lipinski definition) is 4. The summed E-state index contributed by atoms with van der Waals surface area (Å²) in [4.78, 5) is 8.02. The molecule has 0 atom stereocenters. The van der Waals surface area contributed by atoms with Gasteiger partial charge in [-0.05, 0) is 64.6 Å². The fourth-order valence-electron chi connectivity index (χ4n) is 2.51. The molecule has 0 radical (unpaired) electrons. The highest BCUT2D eigenvalue weighted by Crippen LogP contribution is 2.40. The molecule has 3 rings (SSSR count). The van der Waals surface area contributed by atoms with Crippen molar-refractivity contribution in [3.8, 4) is 11.1 Å². The van der Waals surface area contributed by atoms with Gasteiger partial charge in [-0.1, -0.05) is 24.3 Å². The average molecular weight is 455 g/mol. The molecule has 2 aromatic carbocycles. The molecule has 0 aliphatic carbocycles. The summed E-state index contributed by atoms with van der Waals surface area (Å²) in [6.07, 6.45) is 1.53. The number of nitrogens with one attached hydrogen (secondary N) is 1. The van der Waals surface area contributed by atoms with Gasteiger partial charge in [0.15, 0.2) is 0 Å². The van der Waals surface area contributed by atoms with Crippen LogP contribution >= 0.6 is 34.7 Å². The van der Waals surface area contributed by atoms with Gasteiger partial charge >= 0.3 is 0 Å². The predicted octanol–water partition coefficient (Wildman–Crippen LogP) is 5.69. The number of aromatic nitrogens is 2. The second kappa shape index (κ2) is 7.47. The SMILES string of the molecule is CP(C)(=O)c1cc(-c2ccccc2F)ccc1Nc1nc(Cl)ncc1Br. The summed E-state index contributed by atoms with van der Waals surface area (Å²) in [5, 5.41) is 3.82. The zero-order valence-electron chi connectivity index (χ0n) is 14.0.